The second-order valence-electron chi connectivity index (χ2n) is 8.69. The van der Waals surface area contributed by atoms with Crippen LogP contribution in [0.3, 0.4) is 0 Å². The molecule has 1 amide bonds. The number of rotatable bonds is 5. The van der Waals surface area contributed by atoms with E-state index in [9.17, 15) is 4.79 Å². The summed E-state index contributed by atoms with van der Waals surface area (Å²) in [6, 6.07) is 0.745. The standard InChI is InChI=1S/C18H32N2O2/c1-18(2,3)22-17(21)20-6-4-5-19-16-14-8-12-7-13(10-14)11-15(16)9-12/h12-16,19H,4-11H2,1-3H3,(H,20,21). The van der Waals surface area contributed by atoms with Gasteiger partial charge in [-0.3, -0.25) is 0 Å². The number of ether oxygens (including phenoxy) is 1. The highest BCUT2D eigenvalue weighted by molar-refractivity contribution is 5.67. The van der Waals surface area contributed by atoms with Crippen molar-refractivity contribution in [2.75, 3.05) is 13.1 Å². The van der Waals surface area contributed by atoms with Gasteiger partial charge >= 0.3 is 6.09 Å². The van der Waals surface area contributed by atoms with E-state index in [0.29, 0.717) is 6.54 Å². The van der Waals surface area contributed by atoms with E-state index in [1.54, 1.807) is 0 Å². The van der Waals surface area contributed by atoms with Crippen LogP contribution in [0.1, 0.15) is 59.3 Å². The number of alkyl carbamates (subject to hydrolysis) is 1. The number of hydrogen-bond acceptors (Lipinski definition) is 3. The average molecular weight is 308 g/mol. The first-order chi connectivity index (χ1) is 10.4. The van der Waals surface area contributed by atoms with Gasteiger partial charge in [-0.05, 0) is 89.5 Å². The molecule has 0 aromatic rings. The van der Waals surface area contributed by atoms with E-state index >= 15 is 0 Å². The second-order valence-corrected chi connectivity index (χ2v) is 8.69. The van der Waals surface area contributed by atoms with Gasteiger partial charge in [-0.2, -0.15) is 0 Å². The molecule has 22 heavy (non-hydrogen) atoms. The zero-order valence-electron chi connectivity index (χ0n) is 14.4. The molecule has 4 bridgehead atoms. The van der Waals surface area contributed by atoms with Gasteiger partial charge in [0.1, 0.15) is 5.60 Å². The fourth-order valence-corrected chi connectivity index (χ4v) is 5.12. The molecule has 4 nitrogen and oxygen atoms in total. The molecule has 4 aliphatic carbocycles. The van der Waals surface area contributed by atoms with Crippen molar-refractivity contribution in [1.29, 1.82) is 0 Å². The predicted molar refractivity (Wildman–Crippen MR) is 87.7 cm³/mol. The lowest BCUT2D eigenvalue weighted by molar-refractivity contribution is -0.0135. The Morgan fingerprint density at radius 2 is 1.59 bits per heavy atom. The molecular weight excluding hydrogens is 276 g/mol. The third-order valence-electron chi connectivity index (χ3n) is 5.63. The van der Waals surface area contributed by atoms with E-state index in [-0.39, 0.29) is 6.09 Å². The molecule has 4 aliphatic rings. The van der Waals surface area contributed by atoms with Crippen LogP contribution < -0.4 is 10.6 Å². The third-order valence-corrected chi connectivity index (χ3v) is 5.63. The van der Waals surface area contributed by atoms with E-state index in [2.05, 4.69) is 10.6 Å². The van der Waals surface area contributed by atoms with Crippen LogP contribution in [0.2, 0.25) is 0 Å². The minimum absolute atomic E-state index is 0.304. The first-order valence-electron chi connectivity index (χ1n) is 9.11. The highest BCUT2D eigenvalue weighted by atomic mass is 16.6. The number of nitrogens with one attached hydrogen (secondary N) is 2. The molecule has 0 aliphatic heterocycles. The first kappa shape index (κ1) is 16.1. The van der Waals surface area contributed by atoms with Crippen LogP contribution in [0, 0.1) is 23.7 Å². The summed E-state index contributed by atoms with van der Waals surface area (Å²) in [4.78, 5) is 11.6. The molecule has 0 unspecified atom stereocenters. The van der Waals surface area contributed by atoms with Crippen molar-refractivity contribution in [3.8, 4) is 0 Å². The number of carbonyl (C=O) groups excluding carboxylic acids is 1. The predicted octanol–water partition coefficient (Wildman–Crippen LogP) is 3.32. The van der Waals surface area contributed by atoms with Gasteiger partial charge in [-0.15, -0.1) is 0 Å². The van der Waals surface area contributed by atoms with E-state index in [4.69, 9.17) is 4.74 Å². The van der Waals surface area contributed by atoms with Gasteiger partial charge < -0.3 is 15.4 Å². The molecule has 4 fully saturated rings. The Kier molecular flexibility index (Phi) is 4.67. The Morgan fingerprint density at radius 1 is 1.00 bits per heavy atom. The van der Waals surface area contributed by atoms with Gasteiger partial charge in [0, 0.05) is 12.6 Å². The third kappa shape index (κ3) is 3.95. The molecule has 0 radical (unpaired) electrons. The largest absolute Gasteiger partial charge is 0.444 e. The van der Waals surface area contributed by atoms with Crippen molar-refractivity contribution in [2.45, 2.75) is 70.9 Å². The van der Waals surface area contributed by atoms with E-state index in [1.807, 2.05) is 20.8 Å². The van der Waals surface area contributed by atoms with Gasteiger partial charge in [-0.25, -0.2) is 4.79 Å². The van der Waals surface area contributed by atoms with Crippen molar-refractivity contribution in [3.05, 3.63) is 0 Å². The summed E-state index contributed by atoms with van der Waals surface area (Å²) >= 11 is 0. The molecule has 4 rings (SSSR count). The normalized spacial score (nSPS) is 36.4. The zero-order valence-corrected chi connectivity index (χ0v) is 14.4. The van der Waals surface area contributed by atoms with Crippen LogP contribution in [0.4, 0.5) is 4.79 Å². The van der Waals surface area contributed by atoms with Gasteiger partial charge in [0.05, 0.1) is 0 Å². The van der Waals surface area contributed by atoms with Gasteiger partial charge in [-0.1, -0.05) is 0 Å². The summed E-state index contributed by atoms with van der Waals surface area (Å²) < 4.78 is 5.24. The van der Waals surface area contributed by atoms with Crippen LogP contribution in [-0.2, 0) is 4.74 Å². The van der Waals surface area contributed by atoms with Crippen molar-refractivity contribution in [1.82, 2.24) is 10.6 Å². The maximum atomic E-state index is 11.6. The highest BCUT2D eigenvalue weighted by Crippen LogP contribution is 2.53. The quantitative estimate of drug-likeness (QED) is 0.766. The molecule has 4 heteroatoms. The minimum Gasteiger partial charge on any atom is -0.444 e. The Balaban J connectivity index is 1.32. The van der Waals surface area contributed by atoms with Crippen LogP contribution in [0.15, 0.2) is 0 Å². The fourth-order valence-electron chi connectivity index (χ4n) is 5.12. The monoisotopic (exact) mass is 308 g/mol. The Bertz CT molecular complexity index is 374. The highest BCUT2D eigenvalue weighted by Gasteiger charge is 2.47. The maximum Gasteiger partial charge on any atom is 0.407 e. The number of carbonyl (C=O) groups is 1. The van der Waals surface area contributed by atoms with Gasteiger partial charge in [0.2, 0.25) is 0 Å². The molecule has 0 aromatic carbocycles. The summed E-state index contributed by atoms with van der Waals surface area (Å²) in [6.07, 6.45) is 8.02. The lowest BCUT2D eigenvalue weighted by Crippen LogP contribution is -2.54. The van der Waals surface area contributed by atoms with Crippen molar-refractivity contribution >= 4 is 6.09 Å². The number of hydrogen-bond donors (Lipinski definition) is 2. The Hall–Kier alpha value is -0.770. The molecule has 0 spiro atoms. The molecule has 0 heterocycles. The van der Waals surface area contributed by atoms with Crippen molar-refractivity contribution in [3.63, 3.8) is 0 Å². The average Bonchev–Trinajstić information content (AvgIpc) is 2.38. The van der Waals surface area contributed by atoms with Crippen LogP contribution >= 0.6 is 0 Å². The van der Waals surface area contributed by atoms with Crippen LogP contribution in [0.25, 0.3) is 0 Å². The van der Waals surface area contributed by atoms with Crippen LogP contribution in [-0.4, -0.2) is 30.8 Å². The molecule has 126 valence electrons. The van der Waals surface area contributed by atoms with Crippen molar-refractivity contribution < 1.29 is 9.53 Å². The topological polar surface area (TPSA) is 50.4 Å². The molecule has 0 aromatic heterocycles. The SMILES string of the molecule is CC(C)(C)OC(=O)NCCCNC1C2CC3CC(C2)CC1C3. The lowest BCUT2D eigenvalue weighted by Gasteiger charge is -2.54. The Morgan fingerprint density at radius 3 is 2.14 bits per heavy atom. The van der Waals surface area contributed by atoms with Crippen LogP contribution in [0.5, 0.6) is 0 Å². The Labute approximate surface area is 134 Å². The zero-order chi connectivity index (χ0) is 15.7. The van der Waals surface area contributed by atoms with E-state index in [1.165, 1.54) is 32.1 Å². The number of amides is 1. The summed E-state index contributed by atoms with van der Waals surface area (Å²) in [6.45, 7) is 7.36. The molecular formula is C18H32N2O2. The maximum absolute atomic E-state index is 11.6. The van der Waals surface area contributed by atoms with E-state index in [0.717, 1.165) is 42.7 Å². The van der Waals surface area contributed by atoms with E-state index < -0.39 is 5.60 Å². The second kappa shape index (κ2) is 6.38. The molecule has 2 N–H and O–H groups in total. The molecule has 4 saturated carbocycles. The smallest absolute Gasteiger partial charge is 0.407 e. The summed E-state index contributed by atoms with van der Waals surface area (Å²) in [5, 5.41) is 6.63. The summed E-state index contributed by atoms with van der Waals surface area (Å²) in [5.74, 6) is 3.92. The van der Waals surface area contributed by atoms with Crippen molar-refractivity contribution in [2.24, 2.45) is 23.7 Å². The van der Waals surface area contributed by atoms with Gasteiger partial charge in [0.15, 0.2) is 0 Å². The minimum atomic E-state index is -0.414. The molecule has 0 atom stereocenters. The fraction of sp³-hybridized carbons (Fsp3) is 0.944. The summed E-state index contributed by atoms with van der Waals surface area (Å²) in [5.41, 5.74) is -0.414. The molecule has 0 saturated heterocycles. The van der Waals surface area contributed by atoms with Gasteiger partial charge in [0.25, 0.3) is 0 Å². The lowest BCUT2D eigenvalue weighted by atomic mass is 9.54. The summed E-state index contributed by atoms with van der Waals surface area (Å²) in [7, 11) is 0. The first-order valence-corrected chi connectivity index (χ1v) is 9.11.